The predicted octanol–water partition coefficient (Wildman–Crippen LogP) is 3.15. The first-order valence-corrected chi connectivity index (χ1v) is 7.07. The second-order valence-electron chi connectivity index (χ2n) is 5.48. The molecular formula is C12H21NS. The molecule has 3 rings (SSSR count). The molecule has 0 bridgehead atoms. The molecule has 80 valence electrons. The molecule has 2 saturated carbocycles. The lowest BCUT2D eigenvalue weighted by Crippen LogP contribution is -2.47. The van der Waals surface area contributed by atoms with Gasteiger partial charge in [0.2, 0.25) is 0 Å². The Bertz CT molecular complexity index is 229. The van der Waals surface area contributed by atoms with Crippen LogP contribution in [-0.2, 0) is 0 Å². The summed E-state index contributed by atoms with van der Waals surface area (Å²) in [6.07, 6.45) is 10.4. The Kier molecular flexibility index (Phi) is 2.14. The molecule has 14 heavy (non-hydrogen) atoms. The van der Waals surface area contributed by atoms with Gasteiger partial charge in [0.25, 0.3) is 0 Å². The molecule has 2 spiro atoms. The smallest absolute Gasteiger partial charge is 0.0705 e. The van der Waals surface area contributed by atoms with Gasteiger partial charge in [-0.2, -0.15) is 0 Å². The van der Waals surface area contributed by atoms with Gasteiger partial charge in [0.1, 0.15) is 0 Å². The Morgan fingerprint density at radius 3 is 2.43 bits per heavy atom. The second kappa shape index (κ2) is 3.15. The quantitative estimate of drug-likeness (QED) is 0.660. The Balaban J connectivity index is 1.90. The highest BCUT2D eigenvalue weighted by Gasteiger charge is 2.58. The first-order chi connectivity index (χ1) is 6.77. The normalized spacial score (nSPS) is 45.6. The van der Waals surface area contributed by atoms with Crippen molar-refractivity contribution >= 4 is 11.8 Å². The van der Waals surface area contributed by atoms with Gasteiger partial charge in [0, 0.05) is 11.8 Å². The van der Waals surface area contributed by atoms with Crippen LogP contribution in [0.1, 0.15) is 51.9 Å². The molecule has 1 nitrogen and oxygen atoms in total. The highest BCUT2D eigenvalue weighted by Crippen LogP contribution is 2.62. The molecule has 0 aromatic heterocycles. The van der Waals surface area contributed by atoms with Crippen molar-refractivity contribution in [2.45, 2.75) is 62.0 Å². The minimum absolute atomic E-state index is 0.503. The van der Waals surface area contributed by atoms with Crippen molar-refractivity contribution in [2.75, 3.05) is 6.54 Å². The lowest BCUT2D eigenvalue weighted by atomic mass is 9.80. The van der Waals surface area contributed by atoms with Crippen LogP contribution in [0.15, 0.2) is 0 Å². The maximum atomic E-state index is 3.88. The molecule has 2 atom stereocenters. The third-order valence-electron chi connectivity index (χ3n) is 4.68. The van der Waals surface area contributed by atoms with Crippen molar-refractivity contribution in [2.24, 2.45) is 5.41 Å². The van der Waals surface area contributed by atoms with E-state index in [1.807, 2.05) is 0 Å². The summed E-state index contributed by atoms with van der Waals surface area (Å²) in [7, 11) is 0. The van der Waals surface area contributed by atoms with Gasteiger partial charge in [-0.3, -0.25) is 0 Å². The predicted molar refractivity (Wildman–Crippen MR) is 62.5 cm³/mol. The number of thioether (sulfide) groups is 1. The van der Waals surface area contributed by atoms with E-state index in [9.17, 15) is 0 Å². The zero-order valence-corrected chi connectivity index (χ0v) is 9.96. The van der Waals surface area contributed by atoms with E-state index in [-0.39, 0.29) is 0 Å². The van der Waals surface area contributed by atoms with E-state index in [0.29, 0.717) is 10.3 Å². The van der Waals surface area contributed by atoms with Crippen molar-refractivity contribution < 1.29 is 0 Å². The van der Waals surface area contributed by atoms with Gasteiger partial charge in [-0.1, -0.05) is 26.2 Å². The van der Waals surface area contributed by atoms with Crippen LogP contribution in [0.4, 0.5) is 0 Å². The molecule has 2 heteroatoms. The van der Waals surface area contributed by atoms with Crippen LogP contribution in [0.2, 0.25) is 0 Å². The SMILES string of the molecule is CC1CNC2(CCCC23CCCC3)S1. The minimum Gasteiger partial charge on any atom is -0.301 e. The van der Waals surface area contributed by atoms with E-state index in [2.05, 4.69) is 24.0 Å². The van der Waals surface area contributed by atoms with E-state index >= 15 is 0 Å². The molecule has 1 N–H and O–H groups in total. The summed E-state index contributed by atoms with van der Waals surface area (Å²) >= 11 is 2.26. The molecule has 1 heterocycles. The molecular weight excluding hydrogens is 190 g/mol. The average molecular weight is 211 g/mol. The molecule has 1 aliphatic heterocycles. The average Bonchev–Trinajstić information content (AvgIpc) is 2.82. The van der Waals surface area contributed by atoms with Crippen molar-refractivity contribution in [1.82, 2.24) is 5.32 Å². The summed E-state index contributed by atoms with van der Waals surface area (Å²) in [5.74, 6) is 0. The largest absolute Gasteiger partial charge is 0.301 e. The van der Waals surface area contributed by atoms with Gasteiger partial charge in [-0.15, -0.1) is 11.8 Å². The standard InChI is InChI=1S/C12H21NS/c1-10-9-13-12(14-10)8-4-7-11(12)5-2-3-6-11/h10,13H,2-9H2,1H3. The first kappa shape index (κ1) is 9.53. The summed E-state index contributed by atoms with van der Waals surface area (Å²) in [4.78, 5) is 0.503. The van der Waals surface area contributed by atoms with Crippen LogP contribution in [0.3, 0.4) is 0 Å². The van der Waals surface area contributed by atoms with Crippen molar-refractivity contribution in [1.29, 1.82) is 0 Å². The van der Waals surface area contributed by atoms with E-state index in [1.54, 1.807) is 0 Å². The number of hydrogen-bond acceptors (Lipinski definition) is 2. The summed E-state index contributed by atoms with van der Waals surface area (Å²) < 4.78 is 0. The maximum Gasteiger partial charge on any atom is 0.0705 e. The highest BCUT2D eigenvalue weighted by molar-refractivity contribution is 8.01. The molecule has 3 aliphatic rings. The van der Waals surface area contributed by atoms with E-state index in [1.165, 1.54) is 51.5 Å². The number of rotatable bonds is 0. The number of nitrogens with one attached hydrogen (secondary N) is 1. The van der Waals surface area contributed by atoms with Crippen LogP contribution >= 0.6 is 11.8 Å². The monoisotopic (exact) mass is 211 g/mol. The molecule has 0 radical (unpaired) electrons. The summed E-state index contributed by atoms with van der Waals surface area (Å²) in [6, 6.07) is 0. The van der Waals surface area contributed by atoms with E-state index < -0.39 is 0 Å². The third-order valence-corrected chi connectivity index (χ3v) is 6.43. The molecule has 0 aromatic rings. The minimum atomic E-state index is 0.503. The maximum absolute atomic E-state index is 3.88. The van der Waals surface area contributed by atoms with Crippen molar-refractivity contribution in [3.8, 4) is 0 Å². The Morgan fingerprint density at radius 1 is 1.07 bits per heavy atom. The van der Waals surface area contributed by atoms with E-state index in [4.69, 9.17) is 0 Å². The Morgan fingerprint density at radius 2 is 1.79 bits per heavy atom. The van der Waals surface area contributed by atoms with Crippen LogP contribution in [0.5, 0.6) is 0 Å². The van der Waals surface area contributed by atoms with Gasteiger partial charge in [0.15, 0.2) is 0 Å². The highest BCUT2D eigenvalue weighted by atomic mass is 32.2. The van der Waals surface area contributed by atoms with Crippen molar-refractivity contribution in [3.63, 3.8) is 0 Å². The first-order valence-electron chi connectivity index (χ1n) is 6.19. The van der Waals surface area contributed by atoms with Crippen LogP contribution in [-0.4, -0.2) is 16.7 Å². The molecule has 2 aliphatic carbocycles. The topological polar surface area (TPSA) is 12.0 Å². The van der Waals surface area contributed by atoms with Gasteiger partial charge in [-0.05, 0) is 31.1 Å². The number of hydrogen-bond donors (Lipinski definition) is 1. The van der Waals surface area contributed by atoms with Gasteiger partial charge >= 0.3 is 0 Å². The molecule has 2 unspecified atom stereocenters. The molecule has 0 aromatic carbocycles. The summed E-state index contributed by atoms with van der Waals surface area (Å²) in [5.41, 5.74) is 0.697. The third kappa shape index (κ3) is 1.13. The van der Waals surface area contributed by atoms with Gasteiger partial charge in [0.05, 0.1) is 4.87 Å². The Hall–Kier alpha value is 0.310. The fourth-order valence-corrected chi connectivity index (χ4v) is 5.88. The van der Waals surface area contributed by atoms with Crippen LogP contribution in [0, 0.1) is 5.41 Å². The number of fused-ring (bicyclic) bond motifs is 1. The fraction of sp³-hybridized carbons (Fsp3) is 1.00. The molecule has 3 fully saturated rings. The van der Waals surface area contributed by atoms with Crippen molar-refractivity contribution in [3.05, 3.63) is 0 Å². The zero-order chi connectivity index (χ0) is 9.65. The molecule has 1 saturated heterocycles. The molecule has 0 amide bonds. The van der Waals surface area contributed by atoms with Gasteiger partial charge < -0.3 is 5.32 Å². The lowest BCUT2D eigenvalue weighted by Gasteiger charge is -2.40. The fourth-order valence-electron chi connectivity index (χ4n) is 4.04. The Labute approximate surface area is 91.4 Å². The van der Waals surface area contributed by atoms with Gasteiger partial charge in [-0.25, -0.2) is 0 Å². The zero-order valence-electron chi connectivity index (χ0n) is 9.14. The summed E-state index contributed by atoms with van der Waals surface area (Å²) in [6.45, 7) is 3.62. The van der Waals surface area contributed by atoms with Crippen LogP contribution in [0.25, 0.3) is 0 Å². The van der Waals surface area contributed by atoms with E-state index in [0.717, 1.165) is 5.25 Å². The second-order valence-corrected chi connectivity index (χ2v) is 7.21. The van der Waals surface area contributed by atoms with Crippen LogP contribution < -0.4 is 5.32 Å². The summed E-state index contributed by atoms with van der Waals surface area (Å²) in [5, 5.41) is 4.72. The lowest BCUT2D eigenvalue weighted by molar-refractivity contribution is 0.214.